The average Bonchev–Trinajstić information content (AvgIpc) is 2.96. The summed E-state index contributed by atoms with van der Waals surface area (Å²) >= 11 is 0. The van der Waals surface area contributed by atoms with Gasteiger partial charge in [-0.05, 0) is 36.8 Å². The SMILES string of the molecule is CCNC(=NCc1ccco1)N(C)Cc1cccc(F)c1.I. The van der Waals surface area contributed by atoms with E-state index in [-0.39, 0.29) is 29.8 Å². The van der Waals surface area contributed by atoms with Crippen molar-refractivity contribution in [2.24, 2.45) is 4.99 Å². The Hall–Kier alpha value is -1.57. The highest BCUT2D eigenvalue weighted by Gasteiger charge is 2.07. The van der Waals surface area contributed by atoms with Crippen molar-refractivity contribution in [3.05, 3.63) is 59.8 Å². The van der Waals surface area contributed by atoms with Crippen LogP contribution in [-0.2, 0) is 13.1 Å². The molecule has 0 aliphatic carbocycles. The van der Waals surface area contributed by atoms with Crippen LogP contribution in [0.3, 0.4) is 0 Å². The molecule has 0 unspecified atom stereocenters. The second-order valence-electron chi connectivity index (χ2n) is 4.74. The molecule has 1 heterocycles. The summed E-state index contributed by atoms with van der Waals surface area (Å²) in [5.41, 5.74) is 0.904. The number of hydrogen-bond donors (Lipinski definition) is 1. The van der Waals surface area contributed by atoms with Gasteiger partial charge in [0.1, 0.15) is 18.1 Å². The van der Waals surface area contributed by atoms with E-state index in [1.54, 1.807) is 12.3 Å². The number of nitrogens with zero attached hydrogens (tertiary/aromatic N) is 2. The third kappa shape index (κ3) is 5.67. The lowest BCUT2D eigenvalue weighted by atomic mass is 10.2. The molecule has 6 heteroatoms. The van der Waals surface area contributed by atoms with E-state index in [1.807, 2.05) is 37.1 Å². The van der Waals surface area contributed by atoms with Gasteiger partial charge in [0.25, 0.3) is 0 Å². The van der Waals surface area contributed by atoms with Crippen LogP contribution >= 0.6 is 24.0 Å². The molecule has 0 atom stereocenters. The van der Waals surface area contributed by atoms with Gasteiger partial charge in [-0.15, -0.1) is 24.0 Å². The average molecular weight is 417 g/mol. The van der Waals surface area contributed by atoms with Gasteiger partial charge in [0.15, 0.2) is 5.96 Å². The number of rotatable bonds is 5. The van der Waals surface area contributed by atoms with Crippen molar-refractivity contribution < 1.29 is 8.81 Å². The smallest absolute Gasteiger partial charge is 0.194 e. The molecular weight excluding hydrogens is 396 g/mol. The Kier molecular flexibility index (Phi) is 7.94. The second-order valence-corrected chi connectivity index (χ2v) is 4.74. The lowest BCUT2D eigenvalue weighted by Gasteiger charge is -2.22. The molecule has 0 bridgehead atoms. The topological polar surface area (TPSA) is 40.8 Å². The highest BCUT2D eigenvalue weighted by Crippen LogP contribution is 2.07. The molecule has 1 N–H and O–H groups in total. The zero-order valence-electron chi connectivity index (χ0n) is 12.8. The largest absolute Gasteiger partial charge is 0.467 e. The van der Waals surface area contributed by atoms with Crippen LogP contribution in [0.2, 0.25) is 0 Å². The van der Waals surface area contributed by atoms with Gasteiger partial charge in [0.05, 0.1) is 6.26 Å². The normalized spacial score (nSPS) is 11.0. The van der Waals surface area contributed by atoms with Crippen molar-refractivity contribution in [2.75, 3.05) is 13.6 Å². The Balaban J connectivity index is 0.00000242. The molecule has 0 fully saturated rings. The molecule has 22 heavy (non-hydrogen) atoms. The van der Waals surface area contributed by atoms with E-state index in [0.29, 0.717) is 13.1 Å². The fourth-order valence-electron chi connectivity index (χ4n) is 2.01. The van der Waals surface area contributed by atoms with Gasteiger partial charge >= 0.3 is 0 Å². The third-order valence-corrected chi connectivity index (χ3v) is 2.97. The predicted octanol–water partition coefficient (Wildman–Crippen LogP) is 3.63. The lowest BCUT2D eigenvalue weighted by molar-refractivity contribution is 0.468. The Bertz CT molecular complexity index is 587. The first-order chi connectivity index (χ1) is 10.2. The minimum Gasteiger partial charge on any atom is -0.467 e. The molecule has 4 nitrogen and oxygen atoms in total. The van der Waals surface area contributed by atoms with E-state index in [0.717, 1.165) is 23.8 Å². The van der Waals surface area contributed by atoms with Gasteiger partial charge in [0.2, 0.25) is 0 Å². The van der Waals surface area contributed by atoms with Gasteiger partial charge in [-0.25, -0.2) is 9.38 Å². The zero-order chi connectivity index (χ0) is 15.1. The summed E-state index contributed by atoms with van der Waals surface area (Å²) in [5, 5.41) is 3.22. The van der Waals surface area contributed by atoms with Gasteiger partial charge in [-0.3, -0.25) is 0 Å². The molecule has 1 aromatic carbocycles. The van der Waals surface area contributed by atoms with Gasteiger partial charge < -0.3 is 14.6 Å². The van der Waals surface area contributed by atoms with Crippen LogP contribution in [0.5, 0.6) is 0 Å². The number of guanidine groups is 1. The van der Waals surface area contributed by atoms with Crippen LogP contribution in [-0.4, -0.2) is 24.5 Å². The van der Waals surface area contributed by atoms with Crippen LogP contribution < -0.4 is 5.32 Å². The summed E-state index contributed by atoms with van der Waals surface area (Å²) in [7, 11) is 1.93. The zero-order valence-corrected chi connectivity index (χ0v) is 15.1. The Morgan fingerprint density at radius 3 is 2.77 bits per heavy atom. The number of halogens is 2. The number of hydrogen-bond acceptors (Lipinski definition) is 2. The van der Waals surface area contributed by atoms with Crippen LogP contribution in [0.15, 0.2) is 52.1 Å². The summed E-state index contributed by atoms with van der Waals surface area (Å²) in [6, 6.07) is 10.3. The van der Waals surface area contributed by atoms with Crippen molar-refractivity contribution in [2.45, 2.75) is 20.0 Å². The third-order valence-electron chi connectivity index (χ3n) is 2.97. The summed E-state index contributed by atoms with van der Waals surface area (Å²) in [6.45, 7) is 3.84. The molecule has 0 amide bonds. The molecule has 0 spiro atoms. The number of aliphatic imine (C=N–C) groups is 1. The van der Waals surface area contributed by atoms with Gasteiger partial charge in [-0.2, -0.15) is 0 Å². The highest BCUT2D eigenvalue weighted by molar-refractivity contribution is 14.0. The number of furan rings is 1. The Morgan fingerprint density at radius 2 is 2.14 bits per heavy atom. The maximum atomic E-state index is 13.2. The molecule has 2 aromatic rings. The first-order valence-corrected chi connectivity index (χ1v) is 6.95. The van der Waals surface area contributed by atoms with Crippen LogP contribution in [0.4, 0.5) is 4.39 Å². The maximum absolute atomic E-state index is 13.2. The first kappa shape index (κ1) is 18.5. The molecule has 120 valence electrons. The highest BCUT2D eigenvalue weighted by atomic mass is 127. The standard InChI is InChI=1S/C16H20FN3O.HI/c1-3-18-16(19-11-15-8-5-9-21-15)20(2)12-13-6-4-7-14(17)10-13;/h4-10H,3,11-12H2,1-2H3,(H,18,19);1H. The number of nitrogens with one attached hydrogen (secondary N) is 1. The van der Waals surface area contributed by atoms with Crippen LogP contribution in [0.1, 0.15) is 18.2 Å². The van der Waals surface area contributed by atoms with E-state index in [9.17, 15) is 4.39 Å². The molecular formula is C16H21FIN3O. The molecule has 0 aliphatic heterocycles. The predicted molar refractivity (Wildman–Crippen MR) is 96.8 cm³/mol. The van der Waals surface area contributed by atoms with Crippen molar-refractivity contribution >= 4 is 29.9 Å². The Morgan fingerprint density at radius 1 is 1.32 bits per heavy atom. The molecule has 0 aliphatic rings. The molecule has 2 rings (SSSR count). The van der Waals surface area contributed by atoms with Crippen molar-refractivity contribution in [1.29, 1.82) is 0 Å². The van der Waals surface area contributed by atoms with Crippen molar-refractivity contribution in [3.8, 4) is 0 Å². The quantitative estimate of drug-likeness (QED) is 0.459. The molecule has 0 saturated carbocycles. The van der Waals surface area contributed by atoms with Crippen LogP contribution in [0, 0.1) is 5.82 Å². The lowest BCUT2D eigenvalue weighted by Crippen LogP contribution is -2.38. The van der Waals surface area contributed by atoms with Gasteiger partial charge in [0, 0.05) is 20.1 Å². The van der Waals surface area contributed by atoms with Gasteiger partial charge in [-0.1, -0.05) is 12.1 Å². The summed E-state index contributed by atoms with van der Waals surface area (Å²) in [5.74, 6) is 1.35. The van der Waals surface area contributed by atoms with E-state index >= 15 is 0 Å². The fourth-order valence-corrected chi connectivity index (χ4v) is 2.01. The minimum atomic E-state index is -0.224. The number of benzene rings is 1. The monoisotopic (exact) mass is 417 g/mol. The fraction of sp³-hybridized carbons (Fsp3) is 0.312. The molecule has 0 saturated heterocycles. The molecule has 1 aromatic heterocycles. The second kappa shape index (κ2) is 9.45. The summed E-state index contributed by atoms with van der Waals surface area (Å²) < 4.78 is 18.5. The van der Waals surface area contributed by atoms with E-state index in [4.69, 9.17) is 4.42 Å². The van der Waals surface area contributed by atoms with Crippen LogP contribution in [0.25, 0.3) is 0 Å². The van der Waals surface area contributed by atoms with Crippen molar-refractivity contribution in [1.82, 2.24) is 10.2 Å². The van der Waals surface area contributed by atoms with E-state index in [2.05, 4.69) is 10.3 Å². The minimum absolute atomic E-state index is 0. The first-order valence-electron chi connectivity index (χ1n) is 6.95. The van der Waals surface area contributed by atoms with E-state index in [1.165, 1.54) is 12.1 Å². The van der Waals surface area contributed by atoms with Crippen molar-refractivity contribution in [3.63, 3.8) is 0 Å². The Labute approximate surface area is 147 Å². The summed E-state index contributed by atoms with van der Waals surface area (Å²) in [6.07, 6.45) is 1.63. The summed E-state index contributed by atoms with van der Waals surface area (Å²) in [4.78, 5) is 6.48. The maximum Gasteiger partial charge on any atom is 0.194 e. The molecule has 0 radical (unpaired) electrons. The van der Waals surface area contributed by atoms with E-state index < -0.39 is 0 Å².